The van der Waals surface area contributed by atoms with Crippen molar-refractivity contribution in [1.29, 1.82) is 0 Å². The molecule has 0 radical (unpaired) electrons. The molecule has 0 aliphatic heterocycles. The molecule has 0 aliphatic carbocycles. The largest absolute Gasteiger partial charge is 0.372 e. The highest BCUT2D eigenvalue weighted by Crippen LogP contribution is 2.24. The summed E-state index contributed by atoms with van der Waals surface area (Å²) in [5, 5.41) is 9.67. The fourth-order valence-electron chi connectivity index (χ4n) is 3.74. The van der Waals surface area contributed by atoms with E-state index in [1.807, 2.05) is 43.6 Å². The zero-order valence-electron chi connectivity index (χ0n) is 19.2. The van der Waals surface area contributed by atoms with Crippen molar-refractivity contribution in [3.8, 4) is 0 Å². The van der Waals surface area contributed by atoms with Gasteiger partial charge in [-0.2, -0.15) is 0 Å². The smallest absolute Gasteiger partial charge is 0.118 e. The van der Waals surface area contributed by atoms with Crippen molar-refractivity contribution in [1.82, 2.24) is 19.8 Å². The van der Waals surface area contributed by atoms with E-state index in [2.05, 4.69) is 62.6 Å². The van der Waals surface area contributed by atoms with Gasteiger partial charge in [-0.1, -0.05) is 23.7 Å². The summed E-state index contributed by atoms with van der Waals surface area (Å²) in [7, 11) is 4.10. The van der Waals surface area contributed by atoms with Crippen LogP contribution in [0.4, 0.5) is 11.4 Å². The number of benzene rings is 2. The Labute approximate surface area is 199 Å². The lowest BCUT2D eigenvalue weighted by molar-refractivity contribution is 0.0281. The van der Waals surface area contributed by atoms with Crippen LogP contribution in [-0.4, -0.2) is 60.7 Å². The Kier molecular flexibility index (Phi) is 7.57. The zero-order chi connectivity index (χ0) is 23.2. The number of halogens is 1. The Hall–Kier alpha value is -2.97. The molecule has 8 heteroatoms. The summed E-state index contributed by atoms with van der Waals surface area (Å²) in [6, 6.07) is 16.0. The molecule has 0 amide bonds. The Bertz CT molecular complexity index is 1230. The lowest BCUT2D eigenvalue weighted by Crippen LogP contribution is -2.37. The monoisotopic (exact) mass is 464 g/mol. The zero-order valence-corrected chi connectivity index (χ0v) is 19.9. The lowest BCUT2D eigenvalue weighted by Gasteiger charge is -2.25. The molecule has 0 saturated heterocycles. The number of hydrogen-bond acceptors (Lipinski definition) is 7. The Balaban J connectivity index is 1.22. The van der Waals surface area contributed by atoms with Crippen LogP contribution < -0.4 is 10.6 Å². The van der Waals surface area contributed by atoms with E-state index in [0.29, 0.717) is 25.2 Å². The number of fused-ring (bicyclic) bond motifs is 2. The van der Waals surface area contributed by atoms with E-state index in [1.54, 1.807) is 6.20 Å². The molecule has 2 aromatic carbocycles. The van der Waals surface area contributed by atoms with E-state index < -0.39 is 0 Å². The topological polar surface area (TPSA) is 65.6 Å². The van der Waals surface area contributed by atoms with Gasteiger partial charge in [0.25, 0.3) is 0 Å². The summed E-state index contributed by atoms with van der Waals surface area (Å²) in [5.74, 6) is 0. The number of nitrogens with zero attached hydrogens (tertiary/aromatic N) is 4. The van der Waals surface area contributed by atoms with Crippen LogP contribution in [0, 0.1) is 6.92 Å². The highest BCUT2D eigenvalue weighted by atomic mass is 35.5. The van der Waals surface area contributed by atoms with E-state index in [0.717, 1.165) is 39.8 Å². The van der Waals surface area contributed by atoms with Gasteiger partial charge in [0.15, 0.2) is 0 Å². The van der Waals surface area contributed by atoms with Crippen LogP contribution in [0.1, 0.15) is 5.56 Å². The van der Waals surface area contributed by atoms with Crippen molar-refractivity contribution in [2.75, 3.05) is 51.5 Å². The van der Waals surface area contributed by atoms with Gasteiger partial charge in [-0.25, -0.2) is 0 Å². The molecular formula is C25H29ClN6O. The molecular weight excluding hydrogens is 436 g/mol. The average Bonchev–Trinajstić information content (AvgIpc) is 2.80. The van der Waals surface area contributed by atoms with Gasteiger partial charge in [-0.05, 0) is 63.0 Å². The first kappa shape index (κ1) is 23.2. The van der Waals surface area contributed by atoms with E-state index in [4.69, 9.17) is 16.3 Å². The number of anilines is 2. The van der Waals surface area contributed by atoms with Crippen LogP contribution in [0.5, 0.6) is 0 Å². The van der Waals surface area contributed by atoms with Crippen LogP contribution in [0.2, 0.25) is 5.02 Å². The SMILES string of the molecule is Cc1ccc2c(NCOCN(C)CN(C)CNc3ccnc4cc(Cl)ccc34)ccnc2c1. The maximum absolute atomic E-state index is 6.08. The molecule has 0 bridgehead atoms. The van der Waals surface area contributed by atoms with Crippen molar-refractivity contribution in [3.63, 3.8) is 0 Å². The summed E-state index contributed by atoms with van der Waals surface area (Å²) in [4.78, 5) is 13.1. The lowest BCUT2D eigenvalue weighted by atomic mass is 10.1. The predicted octanol–water partition coefficient (Wildman–Crippen LogP) is 4.98. The van der Waals surface area contributed by atoms with Crippen LogP contribution in [0.15, 0.2) is 60.9 Å². The first-order chi connectivity index (χ1) is 16.0. The first-order valence-corrected chi connectivity index (χ1v) is 11.2. The van der Waals surface area contributed by atoms with Gasteiger partial charge in [-0.3, -0.25) is 19.8 Å². The van der Waals surface area contributed by atoms with Gasteiger partial charge in [0.05, 0.1) is 24.4 Å². The molecule has 0 fully saturated rings. The third-order valence-electron chi connectivity index (χ3n) is 5.30. The minimum absolute atomic E-state index is 0.421. The average molecular weight is 465 g/mol. The molecule has 2 N–H and O–H groups in total. The summed E-state index contributed by atoms with van der Waals surface area (Å²) in [6.45, 7) is 4.44. The second-order valence-electron chi connectivity index (χ2n) is 8.24. The Morgan fingerprint density at radius 2 is 1.52 bits per heavy atom. The number of pyridine rings is 2. The van der Waals surface area contributed by atoms with Crippen LogP contribution in [-0.2, 0) is 4.74 Å². The van der Waals surface area contributed by atoms with Gasteiger partial charge >= 0.3 is 0 Å². The van der Waals surface area contributed by atoms with Gasteiger partial charge in [0.2, 0.25) is 0 Å². The second kappa shape index (κ2) is 10.8. The Morgan fingerprint density at radius 1 is 0.848 bits per heavy atom. The number of rotatable bonds is 10. The van der Waals surface area contributed by atoms with E-state index >= 15 is 0 Å². The molecule has 2 heterocycles. The molecule has 4 rings (SSSR count). The minimum Gasteiger partial charge on any atom is -0.372 e. The maximum atomic E-state index is 6.08. The van der Waals surface area contributed by atoms with Gasteiger partial charge in [-0.15, -0.1) is 0 Å². The molecule has 0 atom stereocenters. The van der Waals surface area contributed by atoms with E-state index in [-0.39, 0.29) is 0 Å². The first-order valence-electron chi connectivity index (χ1n) is 10.8. The van der Waals surface area contributed by atoms with Crippen molar-refractivity contribution in [2.24, 2.45) is 0 Å². The van der Waals surface area contributed by atoms with E-state index in [9.17, 15) is 0 Å². The molecule has 33 heavy (non-hydrogen) atoms. The van der Waals surface area contributed by atoms with Crippen LogP contribution in [0.3, 0.4) is 0 Å². The minimum atomic E-state index is 0.421. The number of nitrogens with one attached hydrogen (secondary N) is 2. The number of ether oxygens (including phenoxy) is 1. The molecule has 0 saturated carbocycles. The second-order valence-corrected chi connectivity index (χ2v) is 8.68. The van der Waals surface area contributed by atoms with E-state index in [1.165, 1.54) is 5.56 Å². The molecule has 0 spiro atoms. The molecule has 4 aromatic rings. The highest BCUT2D eigenvalue weighted by molar-refractivity contribution is 6.31. The predicted molar refractivity (Wildman–Crippen MR) is 137 cm³/mol. The molecule has 0 unspecified atom stereocenters. The van der Waals surface area contributed by atoms with Gasteiger partial charge in [0.1, 0.15) is 13.5 Å². The van der Waals surface area contributed by atoms with Crippen molar-refractivity contribution in [2.45, 2.75) is 6.92 Å². The summed E-state index contributed by atoms with van der Waals surface area (Å²) in [5.41, 5.74) is 5.12. The van der Waals surface area contributed by atoms with Gasteiger partial charge in [0, 0.05) is 39.6 Å². The fourth-order valence-corrected chi connectivity index (χ4v) is 3.91. The summed E-state index contributed by atoms with van der Waals surface area (Å²) in [6.07, 6.45) is 3.61. The number of hydrogen-bond donors (Lipinski definition) is 2. The highest BCUT2D eigenvalue weighted by Gasteiger charge is 2.07. The van der Waals surface area contributed by atoms with Gasteiger partial charge < -0.3 is 15.4 Å². The summed E-state index contributed by atoms with van der Waals surface area (Å²) < 4.78 is 5.83. The standard InChI is InChI=1S/C25H29ClN6O/c1-18-4-6-20-23(9-11-27-24(20)12-18)30-15-33-17-32(3)16-31(2)14-29-22-8-10-28-25-13-19(26)5-7-21(22)25/h4-13H,14-17H2,1-3H3,(H,27,30)(H,28,29). The molecule has 0 aliphatic rings. The maximum Gasteiger partial charge on any atom is 0.118 e. The molecule has 2 aromatic heterocycles. The Morgan fingerprint density at radius 3 is 2.27 bits per heavy atom. The van der Waals surface area contributed by atoms with Crippen molar-refractivity contribution >= 4 is 44.8 Å². The third-order valence-corrected chi connectivity index (χ3v) is 5.54. The normalized spacial score (nSPS) is 11.6. The molecule has 172 valence electrons. The van der Waals surface area contributed by atoms with Crippen molar-refractivity contribution < 1.29 is 4.74 Å². The summed E-state index contributed by atoms with van der Waals surface area (Å²) >= 11 is 6.08. The van der Waals surface area contributed by atoms with Crippen LogP contribution >= 0.6 is 11.6 Å². The van der Waals surface area contributed by atoms with Crippen LogP contribution in [0.25, 0.3) is 21.8 Å². The molecule has 7 nitrogen and oxygen atoms in total. The fraction of sp³-hybridized carbons (Fsp3) is 0.280. The number of aromatic nitrogens is 2. The van der Waals surface area contributed by atoms with Crippen molar-refractivity contribution in [3.05, 3.63) is 71.5 Å². The number of aryl methyl sites for hydroxylation is 1. The third kappa shape index (κ3) is 6.09. The quantitative estimate of drug-likeness (QED) is 0.253.